The molecule has 0 bridgehead atoms. The zero-order chi connectivity index (χ0) is 20.6. The Balaban J connectivity index is 1.89. The lowest BCUT2D eigenvalue weighted by Gasteiger charge is -2.20. The molecule has 0 unspecified atom stereocenters. The molecule has 0 spiro atoms. The molecular formula is C23H30N2O3. The van der Waals surface area contributed by atoms with E-state index in [-0.39, 0.29) is 17.9 Å². The Bertz CT molecular complexity index is 823. The first-order chi connectivity index (χ1) is 13.3. The standard InChI is InChI=1S/C23H30N2O3/c1-6-13-27-21-10-8-7-9-18(21)15-24-25-22(26)16-28-20-12-11-19(14-17(20)2)23(3,4)5/h7-12,14-15H,6,13,16H2,1-5H3,(H,25,26). The lowest BCUT2D eigenvalue weighted by molar-refractivity contribution is -0.123. The third kappa shape index (κ3) is 6.41. The molecule has 0 aliphatic rings. The maximum absolute atomic E-state index is 12.0. The summed E-state index contributed by atoms with van der Waals surface area (Å²) in [6.45, 7) is 11.1. The number of para-hydroxylation sites is 1. The minimum atomic E-state index is -0.317. The van der Waals surface area contributed by atoms with Crippen LogP contribution in [-0.2, 0) is 10.2 Å². The first-order valence-electron chi connectivity index (χ1n) is 9.59. The molecule has 0 heterocycles. The van der Waals surface area contributed by atoms with Gasteiger partial charge in [-0.1, -0.05) is 52.0 Å². The summed E-state index contributed by atoms with van der Waals surface area (Å²) >= 11 is 0. The maximum atomic E-state index is 12.0. The predicted molar refractivity (Wildman–Crippen MR) is 113 cm³/mol. The Morgan fingerprint density at radius 2 is 1.86 bits per heavy atom. The Hall–Kier alpha value is -2.82. The van der Waals surface area contributed by atoms with Gasteiger partial charge in [-0.25, -0.2) is 5.43 Å². The van der Waals surface area contributed by atoms with Gasteiger partial charge in [0.25, 0.3) is 5.91 Å². The summed E-state index contributed by atoms with van der Waals surface area (Å²) in [6, 6.07) is 13.6. The molecule has 0 fully saturated rings. The molecule has 1 amide bonds. The number of aryl methyl sites for hydroxylation is 1. The van der Waals surface area contributed by atoms with Crippen LogP contribution in [0.4, 0.5) is 0 Å². The number of amides is 1. The van der Waals surface area contributed by atoms with Gasteiger partial charge in [-0.15, -0.1) is 0 Å². The van der Waals surface area contributed by atoms with E-state index in [1.165, 1.54) is 5.56 Å². The van der Waals surface area contributed by atoms with Crippen LogP contribution in [0.2, 0.25) is 0 Å². The number of hydrogen-bond donors (Lipinski definition) is 1. The van der Waals surface area contributed by atoms with E-state index in [9.17, 15) is 4.79 Å². The Morgan fingerprint density at radius 3 is 2.54 bits per heavy atom. The van der Waals surface area contributed by atoms with Gasteiger partial charge in [-0.05, 0) is 48.1 Å². The van der Waals surface area contributed by atoms with Crippen LogP contribution < -0.4 is 14.9 Å². The van der Waals surface area contributed by atoms with Crippen molar-refractivity contribution in [2.24, 2.45) is 5.10 Å². The number of rotatable bonds is 8. The molecule has 0 radical (unpaired) electrons. The fourth-order valence-corrected chi connectivity index (χ4v) is 2.56. The number of nitrogens with one attached hydrogen (secondary N) is 1. The minimum Gasteiger partial charge on any atom is -0.493 e. The molecule has 0 saturated heterocycles. The van der Waals surface area contributed by atoms with Gasteiger partial charge < -0.3 is 9.47 Å². The van der Waals surface area contributed by atoms with Crippen molar-refractivity contribution in [2.45, 2.75) is 46.5 Å². The average Bonchev–Trinajstić information content (AvgIpc) is 2.65. The molecule has 5 heteroatoms. The molecule has 28 heavy (non-hydrogen) atoms. The summed E-state index contributed by atoms with van der Waals surface area (Å²) in [4.78, 5) is 12.0. The normalized spacial score (nSPS) is 11.5. The highest BCUT2D eigenvalue weighted by Gasteiger charge is 2.15. The zero-order valence-electron chi connectivity index (χ0n) is 17.4. The van der Waals surface area contributed by atoms with Crippen LogP contribution in [0.25, 0.3) is 0 Å². The number of benzene rings is 2. The van der Waals surface area contributed by atoms with Crippen LogP contribution in [0, 0.1) is 6.92 Å². The second-order valence-electron chi connectivity index (χ2n) is 7.70. The van der Waals surface area contributed by atoms with Gasteiger partial charge >= 0.3 is 0 Å². The van der Waals surface area contributed by atoms with Gasteiger partial charge in [-0.3, -0.25) is 4.79 Å². The third-order valence-electron chi connectivity index (χ3n) is 4.17. The molecule has 0 saturated carbocycles. The van der Waals surface area contributed by atoms with Crippen molar-refractivity contribution < 1.29 is 14.3 Å². The van der Waals surface area contributed by atoms with Crippen molar-refractivity contribution in [3.63, 3.8) is 0 Å². The van der Waals surface area contributed by atoms with E-state index in [0.717, 1.165) is 23.3 Å². The second-order valence-corrected chi connectivity index (χ2v) is 7.70. The first kappa shape index (κ1) is 21.5. The molecule has 1 N–H and O–H groups in total. The van der Waals surface area contributed by atoms with Gasteiger partial charge in [0.1, 0.15) is 11.5 Å². The summed E-state index contributed by atoms with van der Waals surface area (Å²) in [5.74, 6) is 1.13. The molecule has 0 aromatic heterocycles. The Labute approximate surface area is 167 Å². The van der Waals surface area contributed by atoms with E-state index < -0.39 is 0 Å². The molecule has 5 nitrogen and oxygen atoms in total. The van der Waals surface area contributed by atoms with Crippen molar-refractivity contribution in [3.05, 3.63) is 59.2 Å². The average molecular weight is 383 g/mol. The number of carbonyl (C=O) groups excluding carboxylic acids is 1. The zero-order valence-corrected chi connectivity index (χ0v) is 17.4. The van der Waals surface area contributed by atoms with Gasteiger partial charge in [-0.2, -0.15) is 5.10 Å². The fourth-order valence-electron chi connectivity index (χ4n) is 2.56. The van der Waals surface area contributed by atoms with E-state index in [4.69, 9.17) is 9.47 Å². The molecule has 0 aliphatic carbocycles. The van der Waals surface area contributed by atoms with Crippen LogP contribution in [0.3, 0.4) is 0 Å². The highest BCUT2D eigenvalue weighted by Crippen LogP contribution is 2.27. The van der Waals surface area contributed by atoms with Crippen LogP contribution in [-0.4, -0.2) is 25.3 Å². The summed E-state index contributed by atoms with van der Waals surface area (Å²) < 4.78 is 11.3. The summed E-state index contributed by atoms with van der Waals surface area (Å²) in [7, 11) is 0. The number of nitrogens with zero attached hydrogens (tertiary/aromatic N) is 1. The minimum absolute atomic E-state index is 0.0759. The van der Waals surface area contributed by atoms with Gasteiger partial charge in [0.2, 0.25) is 0 Å². The summed E-state index contributed by atoms with van der Waals surface area (Å²) in [5, 5.41) is 4.01. The molecule has 2 aromatic rings. The number of hydrogen-bond acceptors (Lipinski definition) is 4. The van der Waals surface area contributed by atoms with E-state index in [1.807, 2.05) is 43.3 Å². The van der Waals surface area contributed by atoms with Crippen LogP contribution in [0.1, 0.15) is 50.8 Å². The van der Waals surface area contributed by atoms with Crippen molar-refractivity contribution in [1.29, 1.82) is 0 Å². The molecule has 150 valence electrons. The second kappa shape index (κ2) is 9.93. The number of hydrazone groups is 1. The van der Waals surface area contributed by atoms with E-state index >= 15 is 0 Å². The van der Waals surface area contributed by atoms with Gasteiger partial charge in [0, 0.05) is 5.56 Å². The summed E-state index contributed by atoms with van der Waals surface area (Å²) in [6.07, 6.45) is 2.50. The van der Waals surface area contributed by atoms with Crippen LogP contribution in [0.15, 0.2) is 47.6 Å². The van der Waals surface area contributed by atoms with Crippen molar-refractivity contribution in [2.75, 3.05) is 13.2 Å². The topological polar surface area (TPSA) is 59.9 Å². The maximum Gasteiger partial charge on any atom is 0.277 e. The van der Waals surface area contributed by atoms with E-state index in [2.05, 4.69) is 44.3 Å². The predicted octanol–water partition coefficient (Wildman–Crippen LogP) is 4.61. The SMILES string of the molecule is CCCOc1ccccc1C=NNC(=O)COc1ccc(C(C)(C)C)cc1C. The van der Waals surface area contributed by atoms with Gasteiger partial charge in [0.15, 0.2) is 6.61 Å². The quantitative estimate of drug-likeness (QED) is 0.536. The smallest absolute Gasteiger partial charge is 0.277 e. The number of carbonyl (C=O) groups is 1. The molecular weight excluding hydrogens is 352 g/mol. The summed E-state index contributed by atoms with van der Waals surface area (Å²) in [5.41, 5.74) is 5.61. The number of ether oxygens (including phenoxy) is 2. The molecule has 2 aromatic carbocycles. The van der Waals surface area contributed by atoms with E-state index in [1.54, 1.807) is 6.21 Å². The highest BCUT2D eigenvalue weighted by atomic mass is 16.5. The molecule has 0 atom stereocenters. The van der Waals surface area contributed by atoms with Gasteiger partial charge in [0.05, 0.1) is 12.8 Å². The Morgan fingerprint density at radius 1 is 1.11 bits per heavy atom. The Kier molecular flexibility index (Phi) is 7.61. The van der Waals surface area contributed by atoms with Crippen LogP contribution >= 0.6 is 0 Å². The lowest BCUT2D eigenvalue weighted by Crippen LogP contribution is -2.24. The molecule has 2 rings (SSSR count). The highest BCUT2D eigenvalue weighted by molar-refractivity contribution is 5.85. The monoisotopic (exact) mass is 382 g/mol. The largest absolute Gasteiger partial charge is 0.493 e. The van der Waals surface area contributed by atoms with Crippen molar-refractivity contribution in [1.82, 2.24) is 5.43 Å². The lowest BCUT2D eigenvalue weighted by atomic mass is 9.86. The van der Waals surface area contributed by atoms with E-state index in [0.29, 0.717) is 12.4 Å². The van der Waals surface area contributed by atoms with Crippen molar-refractivity contribution in [3.8, 4) is 11.5 Å². The first-order valence-corrected chi connectivity index (χ1v) is 9.59. The van der Waals surface area contributed by atoms with Crippen LogP contribution in [0.5, 0.6) is 11.5 Å². The fraction of sp³-hybridized carbons (Fsp3) is 0.391. The van der Waals surface area contributed by atoms with Crippen molar-refractivity contribution >= 4 is 12.1 Å². The molecule has 0 aliphatic heterocycles. The third-order valence-corrected chi connectivity index (χ3v) is 4.17.